The van der Waals surface area contributed by atoms with Gasteiger partial charge in [0.2, 0.25) is 0 Å². The molecule has 0 amide bonds. The molecule has 26 heavy (non-hydrogen) atoms. The van der Waals surface area contributed by atoms with E-state index in [1.807, 2.05) is 6.07 Å². The van der Waals surface area contributed by atoms with Gasteiger partial charge >= 0.3 is 0 Å². The normalized spacial score (nSPS) is 18.3. The molecule has 5 nitrogen and oxygen atoms in total. The largest absolute Gasteiger partial charge is 0.386 e. The topological polar surface area (TPSA) is 73.7 Å². The Morgan fingerprint density at radius 2 is 2.12 bits per heavy atom. The van der Waals surface area contributed by atoms with Gasteiger partial charge in [-0.2, -0.15) is 10.4 Å². The van der Waals surface area contributed by atoms with Crippen molar-refractivity contribution in [2.75, 3.05) is 0 Å². The van der Waals surface area contributed by atoms with E-state index in [9.17, 15) is 14.8 Å². The number of aliphatic hydroxyl groups is 1. The second kappa shape index (κ2) is 5.73. The lowest BCUT2D eigenvalue weighted by Crippen LogP contribution is -2.35. The van der Waals surface area contributed by atoms with Crippen molar-refractivity contribution >= 4 is 27.2 Å². The minimum absolute atomic E-state index is 0.245. The summed E-state index contributed by atoms with van der Waals surface area (Å²) in [6.07, 6.45) is 0.561. The van der Waals surface area contributed by atoms with E-state index in [4.69, 9.17) is 0 Å². The Kier molecular flexibility index (Phi) is 3.72. The van der Waals surface area contributed by atoms with Crippen LogP contribution in [0.1, 0.15) is 42.3 Å². The molecule has 3 heterocycles. The molecule has 1 atom stereocenters. The van der Waals surface area contributed by atoms with Crippen molar-refractivity contribution in [1.82, 2.24) is 9.61 Å². The first-order valence-electron chi connectivity index (χ1n) is 7.98. The molecule has 1 aromatic carbocycles. The molecule has 130 valence electrons. The van der Waals surface area contributed by atoms with Crippen LogP contribution in [0.5, 0.6) is 0 Å². The highest BCUT2D eigenvalue weighted by molar-refractivity contribution is 9.10. The molecule has 1 unspecified atom stereocenters. The number of aliphatic hydroxyl groups excluding tert-OH is 1. The average molecular weight is 413 g/mol. The summed E-state index contributed by atoms with van der Waals surface area (Å²) >= 11 is 3.44. The number of hydrogen-bond acceptors (Lipinski definition) is 4. The van der Waals surface area contributed by atoms with Crippen LogP contribution in [0, 0.1) is 17.1 Å². The van der Waals surface area contributed by atoms with Crippen molar-refractivity contribution in [3.05, 3.63) is 69.2 Å². The smallest absolute Gasteiger partial charge is 0.143 e. The fraction of sp³-hybridized carbons (Fsp3) is 0.211. The second-order valence-corrected chi connectivity index (χ2v) is 7.60. The lowest BCUT2D eigenvalue weighted by Gasteiger charge is -2.34. The first-order valence-corrected chi connectivity index (χ1v) is 8.77. The van der Waals surface area contributed by atoms with Crippen LogP contribution in [0.3, 0.4) is 0 Å². The molecule has 0 radical (unpaired) electrons. The maximum atomic E-state index is 14.4. The Balaban J connectivity index is 1.98. The van der Waals surface area contributed by atoms with E-state index in [1.54, 1.807) is 38.2 Å². The van der Waals surface area contributed by atoms with Gasteiger partial charge in [-0.1, -0.05) is 12.1 Å². The SMILES string of the molecule is CC1(C)N=C(c2cnn3c(C#N)cc(Br)c3c2)c2cccc(F)c2C1O. The zero-order valence-electron chi connectivity index (χ0n) is 14.0. The third-order valence-electron chi connectivity index (χ3n) is 4.61. The highest BCUT2D eigenvalue weighted by Crippen LogP contribution is 2.39. The van der Waals surface area contributed by atoms with E-state index in [0.717, 1.165) is 4.47 Å². The van der Waals surface area contributed by atoms with Crippen molar-refractivity contribution in [2.45, 2.75) is 25.5 Å². The Hall–Kier alpha value is -2.56. The molecular formula is C19H14BrFN4O. The fourth-order valence-corrected chi connectivity index (χ4v) is 3.76. The maximum Gasteiger partial charge on any atom is 0.143 e. The molecule has 7 heteroatoms. The third-order valence-corrected chi connectivity index (χ3v) is 5.24. The molecule has 0 fully saturated rings. The fourth-order valence-electron chi connectivity index (χ4n) is 3.26. The molecule has 0 aliphatic carbocycles. The van der Waals surface area contributed by atoms with Crippen LogP contribution in [-0.4, -0.2) is 26.0 Å². The van der Waals surface area contributed by atoms with E-state index in [2.05, 4.69) is 32.1 Å². The number of nitriles is 1. The summed E-state index contributed by atoms with van der Waals surface area (Å²) < 4.78 is 16.7. The first-order chi connectivity index (χ1) is 12.3. The predicted octanol–water partition coefficient (Wildman–Crippen LogP) is 3.77. The Bertz CT molecular complexity index is 1130. The van der Waals surface area contributed by atoms with Crippen LogP contribution in [-0.2, 0) is 0 Å². The van der Waals surface area contributed by atoms with Crippen LogP contribution in [0.2, 0.25) is 0 Å². The summed E-state index contributed by atoms with van der Waals surface area (Å²) in [5.74, 6) is -0.458. The Morgan fingerprint density at radius 3 is 2.85 bits per heavy atom. The summed E-state index contributed by atoms with van der Waals surface area (Å²) in [5, 5.41) is 24.1. The molecule has 1 aliphatic rings. The van der Waals surface area contributed by atoms with Crippen LogP contribution in [0.15, 0.2) is 46.0 Å². The van der Waals surface area contributed by atoms with E-state index in [-0.39, 0.29) is 5.56 Å². The molecule has 0 spiro atoms. The molecule has 0 saturated heterocycles. The van der Waals surface area contributed by atoms with E-state index < -0.39 is 17.5 Å². The number of fused-ring (bicyclic) bond motifs is 2. The number of rotatable bonds is 1. The van der Waals surface area contributed by atoms with Crippen molar-refractivity contribution in [3.8, 4) is 6.07 Å². The van der Waals surface area contributed by atoms with Gasteiger partial charge in [0.1, 0.15) is 23.7 Å². The summed E-state index contributed by atoms with van der Waals surface area (Å²) in [4.78, 5) is 4.68. The van der Waals surface area contributed by atoms with Crippen molar-refractivity contribution < 1.29 is 9.50 Å². The standard InChI is InChI=1S/C19H14BrFN4O/c1-19(2)18(26)16-12(4-3-5-14(16)21)17(24-19)10-6-15-13(20)7-11(8-22)25(15)23-9-10/h3-7,9,18,26H,1-2H3. The van der Waals surface area contributed by atoms with Gasteiger partial charge in [-0.15, -0.1) is 0 Å². The van der Waals surface area contributed by atoms with Crippen molar-refractivity contribution in [2.24, 2.45) is 4.99 Å². The van der Waals surface area contributed by atoms with Crippen LogP contribution in [0.25, 0.3) is 5.52 Å². The monoisotopic (exact) mass is 412 g/mol. The van der Waals surface area contributed by atoms with Gasteiger partial charge in [0.15, 0.2) is 0 Å². The van der Waals surface area contributed by atoms with Gasteiger partial charge < -0.3 is 5.11 Å². The highest BCUT2D eigenvalue weighted by Gasteiger charge is 2.38. The summed E-state index contributed by atoms with van der Waals surface area (Å²) in [6.45, 7) is 3.53. The Morgan fingerprint density at radius 1 is 1.35 bits per heavy atom. The number of aromatic nitrogens is 2. The quantitative estimate of drug-likeness (QED) is 0.660. The number of hydrogen-bond donors (Lipinski definition) is 1. The predicted molar refractivity (Wildman–Crippen MR) is 98.7 cm³/mol. The van der Waals surface area contributed by atoms with Crippen LogP contribution in [0.4, 0.5) is 4.39 Å². The van der Waals surface area contributed by atoms with Gasteiger partial charge in [-0.25, -0.2) is 8.91 Å². The number of nitrogens with zero attached hydrogens (tertiary/aromatic N) is 4. The molecule has 0 bridgehead atoms. The average Bonchev–Trinajstić information content (AvgIpc) is 2.94. The van der Waals surface area contributed by atoms with Gasteiger partial charge in [0.05, 0.1) is 23.0 Å². The van der Waals surface area contributed by atoms with Crippen LogP contribution < -0.4 is 0 Å². The van der Waals surface area contributed by atoms with Gasteiger partial charge in [-0.05, 0) is 48.0 Å². The molecule has 2 aromatic heterocycles. The minimum Gasteiger partial charge on any atom is -0.386 e. The molecule has 1 N–H and O–H groups in total. The number of aliphatic imine (C=N–C) groups is 1. The summed E-state index contributed by atoms with van der Waals surface area (Å²) in [6, 6.07) is 10.3. The van der Waals surface area contributed by atoms with Gasteiger partial charge in [0, 0.05) is 21.2 Å². The molecule has 3 aromatic rings. The summed E-state index contributed by atoms with van der Waals surface area (Å²) in [7, 11) is 0. The molecule has 4 rings (SSSR count). The van der Waals surface area contributed by atoms with Crippen molar-refractivity contribution in [3.63, 3.8) is 0 Å². The zero-order chi connectivity index (χ0) is 18.6. The second-order valence-electron chi connectivity index (χ2n) is 6.75. The molecule has 0 saturated carbocycles. The number of benzene rings is 1. The lowest BCUT2D eigenvalue weighted by atomic mass is 9.82. The maximum absolute atomic E-state index is 14.4. The summed E-state index contributed by atoms with van der Waals surface area (Å²) in [5.41, 5.74) is 2.28. The zero-order valence-corrected chi connectivity index (χ0v) is 15.6. The van der Waals surface area contributed by atoms with Gasteiger partial charge in [0.25, 0.3) is 0 Å². The molecular weight excluding hydrogens is 399 g/mol. The molecule has 1 aliphatic heterocycles. The van der Waals surface area contributed by atoms with Crippen LogP contribution >= 0.6 is 15.9 Å². The number of halogens is 2. The van der Waals surface area contributed by atoms with E-state index >= 15 is 0 Å². The third kappa shape index (κ3) is 2.37. The van der Waals surface area contributed by atoms with Gasteiger partial charge in [-0.3, -0.25) is 4.99 Å². The lowest BCUT2D eigenvalue weighted by molar-refractivity contribution is 0.0995. The Labute approximate surface area is 157 Å². The van der Waals surface area contributed by atoms with E-state index in [1.165, 1.54) is 10.6 Å². The highest BCUT2D eigenvalue weighted by atomic mass is 79.9. The first kappa shape index (κ1) is 16.9. The van der Waals surface area contributed by atoms with E-state index in [0.29, 0.717) is 28.0 Å². The van der Waals surface area contributed by atoms with Crippen molar-refractivity contribution in [1.29, 1.82) is 5.26 Å². The minimum atomic E-state index is -1.04.